The molecule has 3 aromatic rings. The zero-order valence-electron chi connectivity index (χ0n) is 16.6. The number of amides is 1. The van der Waals surface area contributed by atoms with E-state index in [0.717, 1.165) is 16.7 Å². The lowest BCUT2D eigenvalue weighted by Crippen LogP contribution is -2.38. The quantitative estimate of drug-likeness (QED) is 0.498. The van der Waals surface area contributed by atoms with Gasteiger partial charge in [-0.05, 0) is 34.9 Å². The predicted octanol–water partition coefficient (Wildman–Crippen LogP) is 3.16. The monoisotopic (exact) mass is 412 g/mol. The molecular formula is C24H20N4O3. The smallest absolute Gasteiger partial charge is 0.287 e. The van der Waals surface area contributed by atoms with Crippen molar-refractivity contribution in [2.45, 2.75) is 12.0 Å². The average Bonchev–Trinajstić information content (AvgIpc) is 3.48. The molecule has 0 saturated heterocycles. The first-order chi connectivity index (χ1) is 15.2. The first-order valence-electron chi connectivity index (χ1n) is 9.92. The zero-order valence-corrected chi connectivity index (χ0v) is 16.6. The molecule has 0 fully saturated rings. The lowest BCUT2D eigenvalue weighted by Gasteiger charge is -2.30. The Kier molecular flexibility index (Phi) is 4.84. The van der Waals surface area contributed by atoms with E-state index in [-0.39, 0.29) is 12.7 Å². The third kappa shape index (κ3) is 3.61. The number of hydrogen-bond donors (Lipinski definition) is 2. The first-order valence-corrected chi connectivity index (χ1v) is 9.92. The SMILES string of the molecule is O=C(N/N=C/c1ccc2c(c1)OCO2)C1=NNC(c2ccccc2)(c2ccccc2)C1. The molecule has 2 aliphatic rings. The first kappa shape index (κ1) is 18.9. The van der Waals surface area contributed by atoms with Gasteiger partial charge in [-0.3, -0.25) is 10.2 Å². The molecule has 0 saturated carbocycles. The fourth-order valence-corrected chi connectivity index (χ4v) is 3.79. The Balaban J connectivity index is 1.32. The summed E-state index contributed by atoms with van der Waals surface area (Å²) in [6, 6.07) is 25.5. The van der Waals surface area contributed by atoms with Gasteiger partial charge in [0.15, 0.2) is 11.5 Å². The number of carbonyl (C=O) groups is 1. The van der Waals surface area contributed by atoms with Crippen LogP contribution in [0.1, 0.15) is 23.1 Å². The van der Waals surface area contributed by atoms with Crippen molar-refractivity contribution in [1.82, 2.24) is 10.9 Å². The van der Waals surface area contributed by atoms with Crippen LogP contribution in [0.5, 0.6) is 11.5 Å². The Labute approximate surface area is 179 Å². The Bertz CT molecular complexity index is 1120. The number of rotatable bonds is 5. The van der Waals surface area contributed by atoms with Crippen LogP contribution in [0.2, 0.25) is 0 Å². The van der Waals surface area contributed by atoms with Crippen LogP contribution in [0.3, 0.4) is 0 Å². The predicted molar refractivity (Wildman–Crippen MR) is 117 cm³/mol. The number of fused-ring (bicyclic) bond motifs is 1. The van der Waals surface area contributed by atoms with Crippen molar-refractivity contribution in [3.05, 3.63) is 95.6 Å². The highest BCUT2D eigenvalue weighted by molar-refractivity contribution is 6.39. The molecule has 154 valence electrons. The van der Waals surface area contributed by atoms with E-state index in [1.165, 1.54) is 0 Å². The van der Waals surface area contributed by atoms with Gasteiger partial charge in [-0.25, -0.2) is 5.43 Å². The van der Waals surface area contributed by atoms with Gasteiger partial charge in [0.25, 0.3) is 5.91 Å². The molecule has 0 radical (unpaired) electrons. The average molecular weight is 412 g/mol. The standard InChI is InChI=1S/C24H20N4O3/c29-23(27-25-15-17-11-12-21-22(13-17)31-16-30-21)20-14-24(28-26-20,18-7-3-1-4-8-18)19-9-5-2-6-10-19/h1-13,15,28H,14,16H2,(H,27,29)/b25-15+. The number of hydrogen-bond acceptors (Lipinski definition) is 6. The number of ether oxygens (including phenoxy) is 2. The minimum Gasteiger partial charge on any atom is -0.454 e. The molecule has 2 N–H and O–H groups in total. The maximum atomic E-state index is 12.7. The molecule has 5 rings (SSSR count). The van der Waals surface area contributed by atoms with E-state index in [2.05, 4.69) is 21.1 Å². The highest BCUT2D eigenvalue weighted by Crippen LogP contribution is 2.36. The molecule has 0 aliphatic carbocycles. The molecule has 2 heterocycles. The summed E-state index contributed by atoms with van der Waals surface area (Å²) in [5, 5.41) is 8.43. The maximum absolute atomic E-state index is 12.7. The molecule has 0 spiro atoms. The third-order valence-corrected chi connectivity index (χ3v) is 5.39. The topological polar surface area (TPSA) is 84.3 Å². The highest BCUT2D eigenvalue weighted by atomic mass is 16.7. The number of hydrazone groups is 2. The van der Waals surface area contributed by atoms with Gasteiger partial charge in [-0.15, -0.1) is 0 Å². The molecule has 1 amide bonds. The summed E-state index contributed by atoms with van der Waals surface area (Å²) in [7, 11) is 0. The van der Waals surface area contributed by atoms with Gasteiger partial charge in [0.2, 0.25) is 6.79 Å². The van der Waals surface area contributed by atoms with E-state index < -0.39 is 5.54 Å². The third-order valence-electron chi connectivity index (χ3n) is 5.39. The normalized spacial score (nSPS) is 16.1. The van der Waals surface area contributed by atoms with E-state index >= 15 is 0 Å². The second kappa shape index (κ2) is 7.95. The van der Waals surface area contributed by atoms with Gasteiger partial charge < -0.3 is 9.47 Å². The Morgan fingerprint density at radius 3 is 2.35 bits per heavy atom. The summed E-state index contributed by atoms with van der Waals surface area (Å²) >= 11 is 0. The number of benzene rings is 3. The van der Waals surface area contributed by atoms with Crippen molar-refractivity contribution in [3.63, 3.8) is 0 Å². The van der Waals surface area contributed by atoms with Crippen LogP contribution in [0.4, 0.5) is 0 Å². The lowest BCUT2D eigenvalue weighted by molar-refractivity contribution is -0.114. The summed E-state index contributed by atoms with van der Waals surface area (Å²) in [4.78, 5) is 12.7. The molecule has 0 atom stereocenters. The van der Waals surface area contributed by atoms with Gasteiger partial charge >= 0.3 is 0 Å². The summed E-state index contributed by atoms with van der Waals surface area (Å²) < 4.78 is 10.7. The van der Waals surface area contributed by atoms with Crippen LogP contribution in [-0.4, -0.2) is 24.6 Å². The summed E-state index contributed by atoms with van der Waals surface area (Å²) in [5.41, 5.74) is 8.44. The molecule has 0 bridgehead atoms. The number of nitrogens with one attached hydrogen (secondary N) is 2. The van der Waals surface area contributed by atoms with E-state index in [1.54, 1.807) is 6.21 Å². The van der Waals surface area contributed by atoms with Crippen LogP contribution < -0.4 is 20.3 Å². The molecule has 0 aromatic heterocycles. The lowest BCUT2D eigenvalue weighted by atomic mass is 9.80. The Hall–Kier alpha value is -4.13. The highest BCUT2D eigenvalue weighted by Gasteiger charge is 2.41. The molecule has 7 nitrogen and oxygen atoms in total. The van der Waals surface area contributed by atoms with Crippen LogP contribution in [-0.2, 0) is 10.3 Å². The van der Waals surface area contributed by atoms with Crippen molar-refractivity contribution >= 4 is 17.8 Å². The van der Waals surface area contributed by atoms with Crippen LogP contribution >= 0.6 is 0 Å². The van der Waals surface area contributed by atoms with Crippen LogP contribution in [0, 0.1) is 0 Å². The maximum Gasteiger partial charge on any atom is 0.287 e. The molecular weight excluding hydrogens is 392 g/mol. The van der Waals surface area contributed by atoms with E-state index in [9.17, 15) is 4.79 Å². The Morgan fingerprint density at radius 1 is 0.968 bits per heavy atom. The Morgan fingerprint density at radius 2 is 1.65 bits per heavy atom. The molecule has 31 heavy (non-hydrogen) atoms. The van der Waals surface area contributed by atoms with Gasteiger partial charge in [0, 0.05) is 6.42 Å². The van der Waals surface area contributed by atoms with Gasteiger partial charge in [-0.1, -0.05) is 60.7 Å². The second-order valence-electron chi connectivity index (χ2n) is 7.30. The zero-order chi connectivity index (χ0) is 21.1. The van der Waals surface area contributed by atoms with Crippen molar-refractivity contribution in [1.29, 1.82) is 0 Å². The number of carbonyl (C=O) groups excluding carboxylic acids is 1. The largest absolute Gasteiger partial charge is 0.454 e. The molecule has 0 unspecified atom stereocenters. The van der Waals surface area contributed by atoms with Gasteiger partial charge in [-0.2, -0.15) is 10.2 Å². The molecule has 2 aliphatic heterocycles. The fourth-order valence-electron chi connectivity index (χ4n) is 3.79. The fraction of sp³-hybridized carbons (Fsp3) is 0.125. The molecule has 3 aromatic carbocycles. The van der Waals surface area contributed by atoms with Crippen molar-refractivity contribution in [2.24, 2.45) is 10.2 Å². The summed E-state index contributed by atoms with van der Waals surface area (Å²) in [6.45, 7) is 0.212. The van der Waals surface area contributed by atoms with Crippen molar-refractivity contribution < 1.29 is 14.3 Å². The van der Waals surface area contributed by atoms with E-state index in [0.29, 0.717) is 23.6 Å². The van der Waals surface area contributed by atoms with E-state index in [4.69, 9.17) is 9.47 Å². The van der Waals surface area contributed by atoms with Gasteiger partial charge in [0.05, 0.1) is 6.21 Å². The minimum atomic E-state index is -0.601. The van der Waals surface area contributed by atoms with E-state index in [1.807, 2.05) is 78.9 Å². The molecule has 7 heteroatoms. The van der Waals surface area contributed by atoms with Gasteiger partial charge in [0.1, 0.15) is 11.3 Å². The van der Waals surface area contributed by atoms with Crippen molar-refractivity contribution in [2.75, 3.05) is 6.79 Å². The number of nitrogens with zero attached hydrogens (tertiary/aromatic N) is 2. The summed E-state index contributed by atoms with van der Waals surface area (Å²) in [5.74, 6) is 1.01. The minimum absolute atomic E-state index is 0.212. The van der Waals surface area contributed by atoms with Crippen LogP contribution in [0.15, 0.2) is 89.1 Å². The van der Waals surface area contributed by atoms with Crippen molar-refractivity contribution in [3.8, 4) is 11.5 Å². The summed E-state index contributed by atoms with van der Waals surface area (Å²) in [6.07, 6.45) is 1.97. The van der Waals surface area contributed by atoms with Crippen LogP contribution in [0.25, 0.3) is 0 Å². The second-order valence-corrected chi connectivity index (χ2v) is 7.30.